The molecule has 5 nitrogen and oxygen atoms in total. The Hall–Kier alpha value is -1.78. The van der Waals surface area contributed by atoms with E-state index in [1.165, 1.54) is 19.3 Å². The predicted octanol–water partition coefficient (Wildman–Crippen LogP) is 4.60. The number of carbonyl (C=O) groups is 1. The number of aliphatic hydroxyl groups excluding tert-OH is 1. The summed E-state index contributed by atoms with van der Waals surface area (Å²) in [4.78, 5) is 15.5. The molecule has 0 aromatic rings. The van der Waals surface area contributed by atoms with Gasteiger partial charge in [-0.15, -0.1) is 0 Å². The van der Waals surface area contributed by atoms with Crippen LogP contribution in [-0.4, -0.2) is 28.5 Å². The molecule has 0 spiro atoms. The molecule has 2 N–H and O–H groups in total. The van der Waals surface area contributed by atoms with E-state index in [4.69, 9.17) is 9.94 Å². The highest BCUT2D eigenvalue weighted by Crippen LogP contribution is 2.45. The SMILES string of the molecule is CCCCCC/C=C(/O)C1=CC[C@H]2C/C(=N\OCCC(=O)O)C[C@@H]12. The molecule has 2 aliphatic carbocycles. The van der Waals surface area contributed by atoms with Crippen molar-refractivity contribution >= 4 is 11.7 Å². The molecule has 2 atom stereocenters. The van der Waals surface area contributed by atoms with Crippen molar-refractivity contribution in [1.82, 2.24) is 0 Å². The summed E-state index contributed by atoms with van der Waals surface area (Å²) < 4.78 is 0. The topological polar surface area (TPSA) is 79.1 Å². The second-order valence-corrected chi connectivity index (χ2v) is 6.74. The van der Waals surface area contributed by atoms with Gasteiger partial charge in [0.1, 0.15) is 12.4 Å². The van der Waals surface area contributed by atoms with Crippen LogP contribution in [0.25, 0.3) is 0 Å². The maximum atomic E-state index is 10.4. The van der Waals surface area contributed by atoms with Crippen LogP contribution in [0.1, 0.15) is 64.7 Å². The zero-order valence-electron chi connectivity index (χ0n) is 14.5. The Kier molecular flexibility index (Phi) is 7.35. The maximum absolute atomic E-state index is 10.4. The average Bonchev–Trinajstić information content (AvgIpc) is 3.11. The lowest BCUT2D eigenvalue weighted by Gasteiger charge is -2.13. The van der Waals surface area contributed by atoms with Gasteiger partial charge in [-0.2, -0.15) is 0 Å². The number of hydrogen-bond donors (Lipinski definition) is 2. The molecule has 0 aromatic carbocycles. The number of oxime groups is 1. The van der Waals surface area contributed by atoms with Crippen LogP contribution in [0.4, 0.5) is 0 Å². The molecule has 0 aromatic heterocycles. The lowest BCUT2D eigenvalue weighted by molar-refractivity contribution is -0.138. The van der Waals surface area contributed by atoms with Gasteiger partial charge in [0, 0.05) is 0 Å². The summed E-state index contributed by atoms with van der Waals surface area (Å²) in [6, 6.07) is 0. The fraction of sp³-hybridized carbons (Fsp3) is 0.684. The third-order valence-corrected chi connectivity index (χ3v) is 4.85. The molecular weight excluding hydrogens is 306 g/mol. The van der Waals surface area contributed by atoms with Gasteiger partial charge in [0.25, 0.3) is 0 Å². The van der Waals surface area contributed by atoms with E-state index in [1.54, 1.807) is 0 Å². The first-order valence-corrected chi connectivity index (χ1v) is 9.10. The van der Waals surface area contributed by atoms with Crippen molar-refractivity contribution < 1.29 is 19.8 Å². The summed E-state index contributed by atoms with van der Waals surface area (Å²) >= 11 is 0. The number of hydrogen-bond acceptors (Lipinski definition) is 4. The molecule has 0 saturated heterocycles. The van der Waals surface area contributed by atoms with Crippen molar-refractivity contribution in [2.24, 2.45) is 17.0 Å². The zero-order chi connectivity index (χ0) is 17.4. The van der Waals surface area contributed by atoms with Gasteiger partial charge in [-0.3, -0.25) is 4.79 Å². The van der Waals surface area contributed by atoms with Gasteiger partial charge in [-0.25, -0.2) is 0 Å². The first-order valence-electron chi connectivity index (χ1n) is 9.10. The summed E-state index contributed by atoms with van der Waals surface area (Å²) in [6.45, 7) is 2.31. The lowest BCUT2D eigenvalue weighted by Crippen LogP contribution is -2.05. The number of carboxylic acids is 1. The predicted molar refractivity (Wildman–Crippen MR) is 94.0 cm³/mol. The minimum Gasteiger partial charge on any atom is -0.508 e. The molecule has 24 heavy (non-hydrogen) atoms. The van der Waals surface area contributed by atoms with Gasteiger partial charge in [0.15, 0.2) is 0 Å². The number of aliphatic carboxylic acids is 1. The Morgan fingerprint density at radius 2 is 2.17 bits per heavy atom. The van der Waals surface area contributed by atoms with Crippen molar-refractivity contribution in [2.45, 2.75) is 64.7 Å². The quantitative estimate of drug-likeness (QED) is 0.347. The van der Waals surface area contributed by atoms with E-state index in [2.05, 4.69) is 18.2 Å². The summed E-state index contributed by atoms with van der Waals surface area (Å²) in [6.07, 6.45) is 12.5. The number of aliphatic hydroxyl groups is 1. The summed E-state index contributed by atoms with van der Waals surface area (Å²) in [5.41, 5.74) is 2.04. The molecule has 5 heteroatoms. The van der Waals surface area contributed by atoms with E-state index in [0.717, 1.165) is 43.4 Å². The van der Waals surface area contributed by atoms with E-state index in [1.807, 2.05) is 6.08 Å². The van der Waals surface area contributed by atoms with Crippen molar-refractivity contribution in [3.8, 4) is 0 Å². The molecular formula is C19H29NO4. The molecule has 0 radical (unpaired) electrons. The smallest absolute Gasteiger partial charge is 0.306 e. The third kappa shape index (κ3) is 5.39. The minimum absolute atomic E-state index is 0.0314. The van der Waals surface area contributed by atoms with Crippen LogP contribution in [-0.2, 0) is 9.63 Å². The van der Waals surface area contributed by atoms with E-state index < -0.39 is 5.97 Å². The zero-order valence-corrected chi connectivity index (χ0v) is 14.5. The standard InChI is InChI=1S/C19H29NO4/c1-2-3-4-5-6-7-18(21)16-9-8-14-12-15(13-17(14)16)20-24-11-10-19(22)23/h7,9,14,17,21H,2-6,8,10-13H2,1H3,(H,22,23)/b18-7+,20-15+/t14-,17+/m0/s1. The van der Waals surface area contributed by atoms with E-state index in [-0.39, 0.29) is 13.0 Å². The van der Waals surface area contributed by atoms with Crippen molar-refractivity contribution in [3.05, 3.63) is 23.5 Å². The second kappa shape index (κ2) is 9.50. The molecule has 0 unspecified atom stereocenters. The van der Waals surface area contributed by atoms with E-state index in [0.29, 0.717) is 17.6 Å². The highest BCUT2D eigenvalue weighted by molar-refractivity contribution is 5.87. The number of allylic oxidation sites excluding steroid dienone is 3. The number of fused-ring (bicyclic) bond motifs is 1. The maximum Gasteiger partial charge on any atom is 0.306 e. The van der Waals surface area contributed by atoms with Gasteiger partial charge in [-0.1, -0.05) is 37.4 Å². The van der Waals surface area contributed by atoms with Crippen molar-refractivity contribution in [1.29, 1.82) is 0 Å². The Bertz CT molecular complexity index is 521. The van der Waals surface area contributed by atoms with E-state index >= 15 is 0 Å². The largest absolute Gasteiger partial charge is 0.508 e. The monoisotopic (exact) mass is 335 g/mol. The number of nitrogens with zero attached hydrogens (tertiary/aromatic N) is 1. The molecule has 0 bridgehead atoms. The van der Waals surface area contributed by atoms with Crippen LogP contribution in [0.15, 0.2) is 28.6 Å². The van der Waals surface area contributed by atoms with Crippen LogP contribution < -0.4 is 0 Å². The normalized spacial score (nSPS) is 25.0. The number of unbranched alkanes of at least 4 members (excludes halogenated alkanes) is 4. The summed E-state index contributed by atoms with van der Waals surface area (Å²) in [5.74, 6) is 0.390. The highest BCUT2D eigenvalue weighted by Gasteiger charge is 2.38. The van der Waals surface area contributed by atoms with Crippen LogP contribution in [0, 0.1) is 11.8 Å². The summed E-state index contributed by atoms with van der Waals surface area (Å²) in [7, 11) is 0. The fourth-order valence-electron chi connectivity index (χ4n) is 3.56. The van der Waals surface area contributed by atoms with Crippen LogP contribution >= 0.6 is 0 Å². The number of carboxylic acid groups (broad SMARTS) is 1. The van der Waals surface area contributed by atoms with Gasteiger partial charge < -0.3 is 15.1 Å². The number of rotatable bonds is 10. The fourth-order valence-corrected chi connectivity index (χ4v) is 3.56. The average molecular weight is 335 g/mol. The molecule has 0 amide bonds. The van der Waals surface area contributed by atoms with Gasteiger partial charge in [-0.05, 0) is 55.6 Å². The molecule has 2 aliphatic rings. The Labute approximate surface area is 144 Å². The Morgan fingerprint density at radius 1 is 1.33 bits per heavy atom. The first kappa shape index (κ1) is 18.6. The Morgan fingerprint density at radius 3 is 2.92 bits per heavy atom. The summed E-state index contributed by atoms with van der Waals surface area (Å²) in [5, 5.41) is 23.0. The molecule has 0 heterocycles. The lowest BCUT2D eigenvalue weighted by atomic mass is 9.93. The van der Waals surface area contributed by atoms with Crippen molar-refractivity contribution in [2.75, 3.05) is 6.61 Å². The highest BCUT2D eigenvalue weighted by atomic mass is 16.6. The van der Waals surface area contributed by atoms with Gasteiger partial charge in [0.05, 0.1) is 12.1 Å². The van der Waals surface area contributed by atoms with E-state index in [9.17, 15) is 9.90 Å². The molecule has 2 rings (SSSR count). The van der Waals surface area contributed by atoms with Crippen LogP contribution in [0.3, 0.4) is 0 Å². The van der Waals surface area contributed by atoms with Crippen LogP contribution in [0.2, 0.25) is 0 Å². The second-order valence-electron chi connectivity index (χ2n) is 6.74. The first-order chi connectivity index (χ1) is 11.6. The molecule has 1 fully saturated rings. The van der Waals surface area contributed by atoms with Gasteiger partial charge >= 0.3 is 5.97 Å². The Balaban J connectivity index is 1.80. The molecule has 134 valence electrons. The molecule has 0 aliphatic heterocycles. The molecule has 1 saturated carbocycles. The third-order valence-electron chi connectivity index (χ3n) is 4.85. The van der Waals surface area contributed by atoms with Crippen LogP contribution in [0.5, 0.6) is 0 Å². The van der Waals surface area contributed by atoms with Crippen molar-refractivity contribution in [3.63, 3.8) is 0 Å². The van der Waals surface area contributed by atoms with Gasteiger partial charge in [0.2, 0.25) is 0 Å². The minimum atomic E-state index is -0.877.